The number of carbonyl (C=O) groups excluding carboxylic acids is 1. The number of primary amides is 1. The molecule has 126 valence electrons. The Morgan fingerprint density at radius 3 is 2.59 bits per heavy atom. The van der Waals surface area contributed by atoms with Gasteiger partial charge in [0.15, 0.2) is 6.10 Å². The number of allylic oxidation sites excluding steroid dienone is 1. The van der Waals surface area contributed by atoms with Crippen LogP contribution in [-0.4, -0.2) is 51.6 Å². The maximum absolute atomic E-state index is 14.2. The van der Waals surface area contributed by atoms with E-state index in [1.54, 1.807) is 6.92 Å². The monoisotopic (exact) mass is 321 g/mol. The van der Waals surface area contributed by atoms with Crippen LogP contribution < -0.4 is 11.5 Å². The molecule has 1 saturated heterocycles. The first kappa shape index (κ1) is 18.3. The van der Waals surface area contributed by atoms with Crippen molar-refractivity contribution < 1.29 is 28.5 Å². The molecule has 1 rings (SSSR count). The molecular weight excluding hydrogens is 300 g/mol. The fourth-order valence-corrected chi connectivity index (χ4v) is 2.13. The van der Waals surface area contributed by atoms with E-state index in [2.05, 4.69) is 6.58 Å². The van der Waals surface area contributed by atoms with Crippen molar-refractivity contribution in [3.8, 4) is 0 Å². The van der Waals surface area contributed by atoms with E-state index in [0.29, 0.717) is 11.3 Å². The molecule has 0 aromatic carbocycles. The molecule has 0 unspecified atom stereocenters. The lowest BCUT2D eigenvalue weighted by molar-refractivity contribution is -0.145. The Balaban J connectivity index is 3.05. The van der Waals surface area contributed by atoms with Gasteiger partial charge in [-0.2, -0.15) is 8.78 Å². The molecule has 0 saturated carbocycles. The van der Waals surface area contributed by atoms with Gasteiger partial charge < -0.3 is 26.4 Å². The van der Waals surface area contributed by atoms with Crippen LogP contribution in [0.5, 0.6) is 0 Å². The molecule has 4 atom stereocenters. The van der Waals surface area contributed by atoms with Crippen LogP contribution >= 0.6 is 0 Å². The van der Waals surface area contributed by atoms with E-state index >= 15 is 0 Å². The Morgan fingerprint density at radius 1 is 1.55 bits per heavy atom. The van der Waals surface area contributed by atoms with Gasteiger partial charge in [-0.1, -0.05) is 19.9 Å². The summed E-state index contributed by atoms with van der Waals surface area (Å²) in [6, 6.07) is -1.22. The van der Waals surface area contributed by atoms with E-state index in [1.807, 2.05) is 0 Å². The number of ether oxygens (including phenoxy) is 1. The van der Waals surface area contributed by atoms with Crippen LogP contribution in [0.3, 0.4) is 0 Å². The Bertz CT molecular complexity index is 459. The third kappa shape index (κ3) is 3.73. The molecular formula is C13H21F2N3O4. The summed E-state index contributed by atoms with van der Waals surface area (Å²) in [4.78, 5) is 11.8. The molecule has 0 aliphatic carbocycles. The zero-order valence-electron chi connectivity index (χ0n) is 12.2. The summed E-state index contributed by atoms with van der Waals surface area (Å²) in [5.41, 5.74) is 10.3. The highest BCUT2D eigenvalue weighted by molar-refractivity contribution is 5.73. The van der Waals surface area contributed by atoms with Gasteiger partial charge in [0, 0.05) is 11.9 Å². The van der Waals surface area contributed by atoms with E-state index in [1.165, 1.54) is 0 Å². The molecule has 1 heterocycles. The van der Waals surface area contributed by atoms with Crippen molar-refractivity contribution in [3.05, 3.63) is 24.6 Å². The zero-order chi connectivity index (χ0) is 17.1. The number of aliphatic hydroxyl groups is 2. The zero-order valence-corrected chi connectivity index (χ0v) is 12.2. The number of urea groups is 1. The lowest BCUT2D eigenvalue weighted by atomic mass is 10.0. The van der Waals surface area contributed by atoms with Crippen molar-refractivity contribution in [3.63, 3.8) is 0 Å². The summed E-state index contributed by atoms with van der Waals surface area (Å²) in [6.45, 7) is 5.07. The van der Waals surface area contributed by atoms with Crippen LogP contribution in [0.1, 0.15) is 19.8 Å². The van der Waals surface area contributed by atoms with Gasteiger partial charge in [0.1, 0.15) is 6.10 Å². The van der Waals surface area contributed by atoms with Crippen LogP contribution in [0.4, 0.5) is 13.6 Å². The third-order valence-corrected chi connectivity index (χ3v) is 3.24. The average Bonchev–Trinajstić information content (AvgIpc) is 2.62. The molecule has 22 heavy (non-hydrogen) atoms. The lowest BCUT2D eigenvalue weighted by Crippen LogP contribution is -2.51. The molecule has 9 heteroatoms. The second kappa shape index (κ2) is 7.03. The standard InChI is InChI=1S/C13H21F2N3O4/c1-3-4-8(19)9-10(20)13(14,15)11(22-9)18(12(17)21)6-5-7(2)16/h5-6,8-11,19-20H,2-4,16H2,1H3,(H2,17,21)/b6-5-/t8-,9+,10+,11+/m0/s1. The van der Waals surface area contributed by atoms with E-state index in [9.17, 15) is 23.8 Å². The van der Waals surface area contributed by atoms with Gasteiger partial charge in [0.25, 0.3) is 0 Å². The summed E-state index contributed by atoms with van der Waals surface area (Å²) in [6.07, 6.45) is -4.58. The molecule has 1 aliphatic heterocycles. The van der Waals surface area contributed by atoms with Crippen molar-refractivity contribution in [2.45, 2.75) is 50.2 Å². The predicted octanol–water partition coefficient (Wildman–Crippen LogP) is 0.235. The molecule has 0 aromatic heterocycles. The van der Waals surface area contributed by atoms with Gasteiger partial charge >= 0.3 is 12.0 Å². The summed E-state index contributed by atoms with van der Waals surface area (Å²) < 4.78 is 33.3. The van der Waals surface area contributed by atoms with Crippen molar-refractivity contribution >= 4 is 6.03 Å². The second-order valence-corrected chi connectivity index (χ2v) is 5.06. The Hall–Kier alpha value is -1.71. The number of rotatable bonds is 6. The van der Waals surface area contributed by atoms with Gasteiger partial charge in [-0.3, -0.25) is 4.90 Å². The summed E-state index contributed by atoms with van der Waals surface area (Å²) >= 11 is 0. The second-order valence-electron chi connectivity index (χ2n) is 5.06. The number of hydrogen-bond donors (Lipinski definition) is 4. The van der Waals surface area contributed by atoms with E-state index in [0.717, 1.165) is 12.3 Å². The van der Waals surface area contributed by atoms with Gasteiger partial charge in [-0.15, -0.1) is 0 Å². The van der Waals surface area contributed by atoms with Crippen molar-refractivity contribution in [1.82, 2.24) is 4.90 Å². The number of aliphatic hydroxyl groups excluding tert-OH is 2. The van der Waals surface area contributed by atoms with Crippen LogP contribution in [0.15, 0.2) is 24.6 Å². The number of nitrogens with zero attached hydrogens (tertiary/aromatic N) is 1. The highest BCUT2D eigenvalue weighted by Crippen LogP contribution is 2.39. The van der Waals surface area contributed by atoms with Crippen LogP contribution in [0, 0.1) is 0 Å². The first-order chi connectivity index (χ1) is 10.1. The third-order valence-electron chi connectivity index (χ3n) is 3.24. The molecule has 0 spiro atoms. The average molecular weight is 321 g/mol. The molecule has 6 N–H and O–H groups in total. The number of halogens is 2. The highest BCUT2D eigenvalue weighted by atomic mass is 19.3. The number of hydrogen-bond acceptors (Lipinski definition) is 5. The topological polar surface area (TPSA) is 122 Å². The number of carbonyl (C=O) groups is 1. The molecule has 1 fully saturated rings. The Labute approximate surface area is 126 Å². The molecule has 0 aromatic rings. The van der Waals surface area contributed by atoms with Gasteiger partial charge in [0.2, 0.25) is 6.23 Å². The minimum Gasteiger partial charge on any atom is -0.399 e. The van der Waals surface area contributed by atoms with E-state index in [4.69, 9.17) is 16.2 Å². The van der Waals surface area contributed by atoms with Gasteiger partial charge in [-0.25, -0.2) is 4.79 Å². The van der Waals surface area contributed by atoms with Crippen LogP contribution in [-0.2, 0) is 4.74 Å². The maximum Gasteiger partial charge on any atom is 0.321 e. The minimum absolute atomic E-state index is 0.00989. The van der Waals surface area contributed by atoms with Gasteiger partial charge in [-0.05, 0) is 12.5 Å². The first-order valence-corrected chi connectivity index (χ1v) is 6.72. The largest absolute Gasteiger partial charge is 0.399 e. The quantitative estimate of drug-likeness (QED) is 0.522. The summed E-state index contributed by atoms with van der Waals surface area (Å²) in [5.74, 6) is -3.81. The van der Waals surface area contributed by atoms with Crippen molar-refractivity contribution in [2.75, 3.05) is 0 Å². The fourth-order valence-electron chi connectivity index (χ4n) is 2.13. The fraction of sp³-hybridized carbons (Fsp3) is 0.615. The van der Waals surface area contributed by atoms with Crippen LogP contribution in [0.2, 0.25) is 0 Å². The Kier molecular flexibility index (Phi) is 5.86. The maximum atomic E-state index is 14.2. The lowest BCUT2D eigenvalue weighted by Gasteiger charge is -2.27. The first-order valence-electron chi connectivity index (χ1n) is 6.72. The van der Waals surface area contributed by atoms with Crippen LogP contribution in [0.25, 0.3) is 0 Å². The molecule has 0 bridgehead atoms. The normalized spacial score (nSPS) is 28.7. The predicted molar refractivity (Wildman–Crippen MR) is 74.4 cm³/mol. The van der Waals surface area contributed by atoms with Gasteiger partial charge in [0.05, 0.1) is 6.10 Å². The number of alkyl halides is 2. The smallest absolute Gasteiger partial charge is 0.321 e. The minimum atomic E-state index is -3.81. The summed E-state index contributed by atoms with van der Waals surface area (Å²) in [5, 5.41) is 19.5. The molecule has 7 nitrogen and oxygen atoms in total. The highest BCUT2D eigenvalue weighted by Gasteiger charge is 2.62. The van der Waals surface area contributed by atoms with Crippen molar-refractivity contribution in [1.29, 1.82) is 0 Å². The molecule has 2 amide bonds. The Morgan fingerprint density at radius 2 is 2.14 bits per heavy atom. The molecule has 1 aliphatic rings. The van der Waals surface area contributed by atoms with Crippen molar-refractivity contribution in [2.24, 2.45) is 11.5 Å². The summed E-state index contributed by atoms with van der Waals surface area (Å²) in [7, 11) is 0. The number of amides is 2. The van der Waals surface area contributed by atoms with E-state index in [-0.39, 0.29) is 12.1 Å². The van der Waals surface area contributed by atoms with E-state index < -0.39 is 36.5 Å². The molecule has 0 radical (unpaired) electrons. The SMILES string of the molecule is C=C(N)/C=C\N(C(N)=O)[C@@H]1O[C@H]([C@@H](O)CCC)[C@@H](O)C1(F)F. The number of nitrogens with two attached hydrogens (primary N) is 2.